The molecular formula is C26H35N3O4S. The molecule has 2 aliphatic heterocycles. The van der Waals surface area contributed by atoms with Crippen LogP contribution in [0, 0.1) is 12.8 Å². The van der Waals surface area contributed by atoms with E-state index in [1.165, 1.54) is 6.07 Å². The topological polar surface area (TPSA) is 79.0 Å². The van der Waals surface area contributed by atoms with Crippen molar-refractivity contribution < 1.29 is 17.9 Å². The Hall–Kier alpha value is -2.26. The number of ether oxygens (including phenoxy) is 1. The molecule has 0 radical (unpaired) electrons. The fourth-order valence-corrected chi connectivity index (χ4v) is 5.96. The van der Waals surface area contributed by atoms with Crippen molar-refractivity contribution >= 4 is 15.9 Å². The molecule has 7 nitrogen and oxygen atoms in total. The zero-order valence-corrected chi connectivity index (χ0v) is 20.7. The van der Waals surface area contributed by atoms with E-state index in [1.807, 2.05) is 35.2 Å². The molecule has 0 bridgehead atoms. The van der Waals surface area contributed by atoms with Crippen LogP contribution in [-0.2, 0) is 21.3 Å². The summed E-state index contributed by atoms with van der Waals surface area (Å²) < 4.78 is 34.0. The van der Waals surface area contributed by atoms with Gasteiger partial charge in [-0.15, -0.1) is 0 Å². The van der Waals surface area contributed by atoms with E-state index < -0.39 is 10.0 Å². The summed E-state index contributed by atoms with van der Waals surface area (Å²) >= 11 is 0. The van der Waals surface area contributed by atoms with Gasteiger partial charge in [-0.25, -0.2) is 13.1 Å². The Labute approximate surface area is 203 Å². The van der Waals surface area contributed by atoms with Crippen molar-refractivity contribution in [1.29, 1.82) is 0 Å². The average molecular weight is 486 g/mol. The van der Waals surface area contributed by atoms with Gasteiger partial charge in [0.15, 0.2) is 0 Å². The summed E-state index contributed by atoms with van der Waals surface area (Å²) in [4.78, 5) is 17.7. The molecule has 34 heavy (non-hydrogen) atoms. The number of piperidine rings is 1. The number of sulfonamides is 1. The number of carbonyl (C=O) groups excluding carboxylic acids is 1. The Morgan fingerprint density at radius 2 is 1.74 bits per heavy atom. The maximum absolute atomic E-state index is 13.2. The van der Waals surface area contributed by atoms with E-state index in [0.717, 1.165) is 70.8 Å². The van der Waals surface area contributed by atoms with Crippen molar-refractivity contribution in [2.75, 3.05) is 45.9 Å². The molecule has 184 valence electrons. The molecule has 0 spiro atoms. The van der Waals surface area contributed by atoms with Gasteiger partial charge in [0.1, 0.15) is 0 Å². The van der Waals surface area contributed by atoms with Crippen LogP contribution in [0.2, 0.25) is 0 Å². The smallest absolute Gasteiger partial charge is 0.253 e. The number of likely N-dealkylation sites (tertiary alicyclic amines) is 1. The van der Waals surface area contributed by atoms with E-state index in [-0.39, 0.29) is 17.3 Å². The molecule has 2 aromatic rings. The summed E-state index contributed by atoms with van der Waals surface area (Å²) in [6.07, 6.45) is 3.14. The zero-order valence-electron chi connectivity index (χ0n) is 19.9. The minimum absolute atomic E-state index is 0.0915. The minimum Gasteiger partial charge on any atom is -0.379 e. The zero-order chi connectivity index (χ0) is 24.0. The summed E-state index contributed by atoms with van der Waals surface area (Å²) in [5, 5.41) is 0. The molecule has 2 aromatic carbocycles. The number of benzene rings is 2. The highest BCUT2D eigenvalue weighted by Gasteiger charge is 2.26. The highest BCUT2D eigenvalue weighted by molar-refractivity contribution is 7.89. The predicted octanol–water partition coefficient (Wildman–Crippen LogP) is 3.05. The quantitative estimate of drug-likeness (QED) is 0.622. The molecule has 8 heteroatoms. The molecule has 2 saturated heterocycles. The van der Waals surface area contributed by atoms with E-state index in [2.05, 4.69) is 9.62 Å². The summed E-state index contributed by atoms with van der Waals surface area (Å²) in [7, 11) is -3.74. The summed E-state index contributed by atoms with van der Waals surface area (Å²) in [6.45, 7) is 8.16. The number of carbonyl (C=O) groups is 1. The van der Waals surface area contributed by atoms with E-state index in [4.69, 9.17) is 4.74 Å². The summed E-state index contributed by atoms with van der Waals surface area (Å²) in [5.74, 6) is 0.536. The van der Waals surface area contributed by atoms with Crippen LogP contribution in [0.3, 0.4) is 0 Å². The van der Waals surface area contributed by atoms with Crippen LogP contribution >= 0.6 is 0 Å². The molecule has 1 N–H and O–H groups in total. The molecule has 0 atom stereocenters. The largest absolute Gasteiger partial charge is 0.379 e. The first-order valence-electron chi connectivity index (χ1n) is 12.2. The number of aryl methyl sites for hydroxylation is 1. The first kappa shape index (κ1) is 24.9. The van der Waals surface area contributed by atoms with Crippen molar-refractivity contribution in [3.05, 3.63) is 65.2 Å². The average Bonchev–Trinajstić information content (AvgIpc) is 2.88. The van der Waals surface area contributed by atoms with E-state index in [0.29, 0.717) is 17.0 Å². The Morgan fingerprint density at radius 3 is 2.44 bits per heavy atom. The third kappa shape index (κ3) is 6.44. The first-order valence-corrected chi connectivity index (χ1v) is 13.6. The molecule has 0 aliphatic carbocycles. The number of nitrogens with zero attached hydrogens (tertiary/aromatic N) is 2. The standard InChI is InChI=1S/C26H35N3O4S/c1-21-7-8-24(19-25(21)34(31,32)27-20-23-5-3-2-4-6-23)26(30)29-13-10-22(11-14-29)9-12-28-15-17-33-18-16-28/h2-8,19,22,27H,9-18,20H2,1H3. The normalized spacial score (nSPS) is 18.2. The second kappa shape index (κ2) is 11.4. The minimum atomic E-state index is -3.74. The van der Waals surface area contributed by atoms with Gasteiger partial charge in [0.2, 0.25) is 10.0 Å². The molecule has 2 fully saturated rings. The van der Waals surface area contributed by atoms with Gasteiger partial charge in [0.25, 0.3) is 5.91 Å². The lowest BCUT2D eigenvalue weighted by Crippen LogP contribution is -2.41. The summed E-state index contributed by atoms with van der Waals surface area (Å²) in [6, 6.07) is 14.4. The lowest BCUT2D eigenvalue weighted by atomic mass is 9.93. The molecule has 0 unspecified atom stereocenters. The number of morpholine rings is 1. The van der Waals surface area contributed by atoms with Gasteiger partial charge in [-0.1, -0.05) is 36.4 Å². The van der Waals surface area contributed by atoms with Crippen LogP contribution in [0.25, 0.3) is 0 Å². The number of rotatable bonds is 8. The summed E-state index contributed by atoms with van der Waals surface area (Å²) in [5.41, 5.74) is 1.93. The molecule has 1 amide bonds. The number of nitrogens with one attached hydrogen (secondary N) is 1. The van der Waals surface area contributed by atoms with E-state index >= 15 is 0 Å². The number of amides is 1. The van der Waals surface area contributed by atoms with Gasteiger partial charge in [0, 0.05) is 38.3 Å². The Morgan fingerprint density at radius 1 is 1.03 bits per heavy atom. The highest BCUT2D eigenvalue weighted by Crippen LogP contribution is 2.24. The molecular weight excluding hydrogens is 450 g/mol. The number of hydrogen-bond acceptors (Lipinski definition) is 5. The fraction of sp³-hybridized carbons (Fsp3) is 0.500. The third-order valence-electron chi connectivity index (χ3n) is 6.89. The molecule has 0 aromatic heterocycles. The highest BCUT2D eigenvalue weighted by atomic mass is 32.2. The van der Waals surface area contributed by atoms with Crippen molar-refractivity contribution in [2.45, 2.75) is 37.6 Å². The third-order valence-corrected chi connectivity index (χ3v) is 8.44. The van der Waals surface area contributed by atoms with Gasteiger partial charge in [-0.2, -0.15) is 0 Å². The Bertz CT molecular complexity index is 1060. The van der Waals surface area contributed by atoms with Crippen molar-refractivity contribution in [3.8, 4) is 0 Å². The van der Waals surface area contributed by atoms with Crippen LogP contribution in [0.1, 0.15) is 40.7 Å². The maximum Gasteiger partial charge on any atom is 0.253 e. The van der Waals surface area contributed by atoms with E-state index in [1.54, 1.807) is 19.1 Å². The second-order valence-corrected chi connectivity index (χ2v) is 11.0. The van der Waals surface area contributed by atoms with Gasteiger partial charge in [0.05, 0.1) is 18.1 Å². The molecule has 4 rings (SSSR count). The lowest BCUT2D eigenvalue weighted by Gasteiger charge is -2.34. The van der Waals surface area contributed by atoms with Crippen LogP contribution in [-0.4, -0.2) is 70.1 Å². The van der Waals surface area contributed by atoms with Crippen LogP contribution in [0.15, 0.2) is 53.4 Å². The molecule has 2 heterocycles. The van der Waals surface area contributed by atoms with Crippen LogP contribution < -0.4 is 4.72 Å². The second-order valence-electron chi connectivity index (χ2n) is 9.27. The van der Waals surface area contributed by atoms with Gasteiger partial charge in [-0.05, 0) is 61.9 Å². The molecule has 2 aliphatic rings. The van der Waals surface area contributed by atoms with Crippen LogP contribution in [0.5, 0.6) is 0 Å². The first-order chi connectivity index (χ1) is 16.4. The number of hydrogen-bond donors (Lipinski definition) is 1. The SMILES string of the molecule is Cc1ccc(C(=O)N2CCC(CCN3CCOCC3)CC2)cc1S(=O)(=O)NCc1ccccc1. The van der Waals surface area contributed by atoms with Crippen molar-refractivity contribution in [2.24, 2.45) is 5.92 Å². The van der Waals surface area contributed by atoms with Gasteiger partial charge >= 0.3 is 0 Å². The Kier molecular flexibility index (Phi) is 8.37. The van der Waals surface area contributed by atoms with Gasteiger partial charge in [-0.3, -0.25) is 9.69 Å². The van der Waals surface area contributed by atoms with Crippen molar-refractivity contribution in [3.63, 3.8) is 0 Å². The monoisotopic (exact) mass is 485 g/mol. The predicted molar refractivity (Wildman–Crippen MR) is 132 cm³/mol. The Balaban J connectivity index is 1.34. The van der Waals surface area contributed by atoms with Crippen LogP contribution in [0.4, 0.5) is 0 Å². The lowest BCUT2D eigenvalue weighted by molar-refractivity contribution is 0.0332. The fourth-order valence-electron chi connectivity index (χ4n) is 4.67. The maximum atomic E-state index is 13.2. The van der Waals surface area contributed by atoms with Gasteiger partial charge < -0.3 is 9.64 Å². The van der Waals surface area contributed by atoms with Crippen molar-refractivity contribution in [1.82, 2.24) is 14.5 Å². The molecule has 0 saturated carbocycles. The van der Waals surface area contributed by atoms with E-state index in [9.17, 15) is 13.2 Å².